The summed E-state index contributed by atoms with van der Waals surface area (Å²) in [7, 11) is 0. The number of carbonyl (C=O) groups is 2. The van der Waals surface area contributed by atoms with Crippen molar-refractivity contribution in [3.63, 3.8) is 0 Å². The van der Waals surface area contributed by atoms with Gasteiger partial charge >= 0.3 is 5.97 Å². The first-order valence-corrected chi connectivity index (χ1v) is 5.69. The Kier molecular flexibility index (Phi) is 5.35. The minimum Gasteiger partial charge on any atom is -0.480 e. The summed E-state index contributed by atoms with van der Waals surface area (Å²) in [6.07, 6.45) is 0.576. The van der Waals surface area contributed by atoms with Gasteiger partial charge in [0.25, 0.3) is 11.6 Å². The van der Waals surface area contributed by atoms with E-state index < -0.39 is 40.7 Å². The van der Waals surface area contributed by atoms with E-state index in [1.54, 1.807) is 0 Å². The van der Waals surface area contributed by atoms with Crippen LogP contribution in [0.3, 0.4) is 0 Å². The molecular weight excluding hydrogens is 294 g/mol. The number of nitro groups is 1. The molecule has 0 saturated heterocycles. The first kappa shape index (κ1) is 15.8. The zero-order valence-corrected chi connectivity index (χ0v) is 10.7. The maximum Gasteiger partial charge on any atom is 0.326 e. The number of hydrogen-bond acceptors (Lipinski definition) is 6. The zero-order chi connectivity index (χ0) is 15.3. The van der Waals surface area contributed by atoms with Crippen LogP contribution < -0.4 is 5.32 Å². The molecule has 0 unspecified atom stereocenters. The fourth-order valence-corrected chi connectivity index (χ4v) is 1.53. The third-order valence-corrected chi connectivity index (χ3v) is 2.52. The minimum absolute atomic E-state index is 0.144. The van der Waals surface area contributed by atoms with Crippen molar-refractivity contribution in [2.75, 3.05) is 6.61 Å². The number of pyridine rings is 1. The van der Waals surface area contributed by atoms with Gasteiger partial charge in [-0.15, -0.1) is 0 Å². The lowest BCUT2D eigenvalue weighted by Crippen LogP contribution is -2.41. The van der Waals surface area contributed by atoms with Crippen LogP contribution in [0.5, 0.6) is 0 Å². The highest BCUT2D eigenvalue weighted by molar-refractivity contribution is 6.29. The molecule has 3 N–H and O–H groups in total. The lowest BCUT2D eigenvalue weighted by molar-refractivity contribution is -0.385. The van der Waals surface area contributed by atoms with Gasteiger partial charge in [0, 0.05) is 13.0 Å². The summed E-state index contributed by atoms with van der Waals surface area (Å²) in [6, 6.07) is -0.397. The van der Waals surface area contributed by atoms with Crippen molar-refractivity contribution >= 4 is 29.2 Å². The van der Waals surface area contributed by atoms with Crippen LogP contribution in [0.25, 0.3) is 0 Å². The van der Waals surface area contributed by atoms with E-state index in [-0.39, 0.29) is 11.6 Å². The fraction of sp³-hybridized carbons (Fsp3) is 0.300. The largest absolute Gasteiger partial charge is 0.480 e. The minimum atomic E-state index is -1.37. The lowest BCUT2D eigenvalue weighted by atomic mass is 10.1. The highest BCUT2D eigenvalue weighted by atomic mass is 35.5. The number of aromatic nitrogens is 1. The summed E-state index contributed by atoms with van der Waals surface area (Å²) < 4.78 is 0. The summed E-state index contributed by atoms with van der Waals surface area (Å²) in [5.41, 5.74) is -1.00. The van der Waals surface area contributed by atoms with Crippen LogP contribution in [0.2, 0.25) is 5.15 Å². The third-order valence-electron chi connectivity index (χ3n) is 2.31. The van der Waals surface area contributed by atoms with Crippen LogP contribution in [0.1, 0.15) is 16.8 Å². The van der Waals surface area contributed by atoms with Gasteiger partial charge in [-0.05, 0) is 6.07 Å². The Morgan fingerprint density at radius 3 is 2.70 bits per heavy atom. The molecule has 1 aromatic rings. The molecule has 0 aliphatic rings. The summed E-state index contributed by atoms with van der Waals surface area (Å²) in [5, 5.41) is 30.2. The second-order valence-corrected chi connectivity index (χ2v) is 4.05. The quantitative estimate of drug-likeness (QED) is 0.387. The number of nitrogens with zero attached hydrogens (tertiary/aromatic N) is 2. The molecule has 0 aromatic carbocycles. The molecule has 0 spiro atoms. The van der Waals surface area contributed by atoms with Crippen LogP contribution >= 0.6 is 11.6 Å². The fourth-order valence-electron chi connectivity index (χ4n) is 1.37. The van der Waals surface area contributed by atoms with Crippen molar-refractivity contribution in [3.05, 3.63) is 33.1 Å². The summed E-state index contributed by atoms with van der Waals surface area (Å²) in [6.45, 7) is -0.462. The summed E-state index contributed by atoms with van der Waals surface area (Å²) in [5.74, 6) is -2.35. The van der Waals surface area contributed by atoms with E-state index in [2.05, 4.69) is 10.3 Å². The Morgan fingerprint density at radius 1 is 1.55 bits per heavy atom. The molecule has 0 bridgehead atoms. The standard InChI is InChI=1S/C10H10ClN3O6/c11-8-3-5(7(4-12-8)14(19)20)9(16)13-6(1-2-15)10(17)18/h3-4,6,15H,1-2H2,(H,13,16)(H,17,18)/t6-/m1/s1. The van der Waals surface area contributed by atoms with Crippen molar-refractivity contribution in [2.24, 2.45) is 0 Å². The number of aliphatic carboxylic acids is 1. The van der Waals surface area contributed by atoms with E-state index in [0.29, 0.717) is 0 Å². The van der Waals surface area contributed by atoms with Crippen molar-refractivity contribution in [1.82, 2.24) is 10.3 Å². The lowest BCUT2D eigenvalue weighted by Gasteiger charge is -2.13. The molecule has 1 heterocycles. The van der Waals surface area contributed by atoms with Gasteiger partial charge in [-0.1, -0.05) is 11.6 Å². The Bertz CT molecular complexity index is 550. The molecule has 0 radical (unpaired) electrons. The van der Waals surface area contributed by atoms with E-state index in [1.807, 2.05) is 0 Å². The van der Waals surface area contributed by atoms with Gasteiger partial charge in [0.2, 0.25) is 0 Å². The molecule has 20 heavy (non-hydrogen) atoms. The van der Waals surface area contributed by atoms with Crippen molar-refractivity contribution < 1.29 is 24.7 Å². The van der Waals surface area contributed by atoms with Crippen molar-refractivity contribution in [3.8, 4) is 0 Å². The normalized spacial score (nSPS) is 11.7. The molecule has 1 atom stereocenters. The molecule has 108 valence electrons. The van der Waals surface area contributed by atoms with Crippen molar-refractivity contribution in [1.29, 1.82) is 0 Å². The predicted molar refractivity (Wildman–Crippen MR) is 66.5 cm³/mol. The first-order valence-electron chi connectivity index (χ1n) is 5.31. The van der Waals surface area contributed by atoms with Crippen molar-refractivity contribution in [2.45, 2.75) is 12.5 Å². The molecule has 10 heteroatoms. The van der Waals surface area contributed by atoms with Gasteiger partial charge in [-0.25, -0.2) is 9.78 Å². The smallest absolute Gasteiger partial charge is 0.326 e. The average Bonchev–Trinajstić information content (AvgIpc) is 2.37. The number of halogens is 1. The number of aliphatic hydroxyl groups excluding tert-OH is 1. The Morgan fingerprint density at radius 2 is 2.20 bits per heavy atom. The third kappa shape index (κ3) is 3.87. The Labute approximate surface area is 117 Å². The predicted octanol–water partition coefficient (Wildman–Crippen LogP) is 0.209. The molecule has 0 fully saturated rings. The number of carbonyl (C=O) groups excluding carboxylic acids is 1. The SMILES string of the molecule is O=C(N[C@H](CCO)C(=O)O)c1cc(Cl)ncc1[N+](=O)[O-]. The van der Waals surface area contributed by atoms with E-state index >= 15 is 0 Å². The van der Waals surface area contributed by atoms with E-state index in [1.165, 1.54) is 0 Å². The topological polar surface area (TPSA) is 143 Å². The Balaban J connectivity index is 3.05. The number of rotatable bonds is 6. The molecule has 0 aliphatic heterocycles. The van der Waals surface area contributed by atoms with E-state index in [0.717, 1.165) is 12.3 Å². The van der Waals surface area contributed by atoms with Crippen LogP contribution in [-0.4, -0.2) is 44.6 Å². The number of carboxylic acids is 1. The summed E-state index contributed by atoms with van der Waals surface area (Å²) in [4.78, 5) is 36.1. The number of amides is 1. The molecule has 1 rings (SSSR count). The van der Waals surface area contributed by atoms with Crippen LogP contribution in [0.15, 0.2) is 12.3 Å². The Hall–Kier alpha value is -2.26. The van der Waals surface area contributed by atoms with Gasteiger partial charge in [-0.3, -0.25) is 14.9 Å². The second kappa shape index (κ2) is 6.78. The van der Waals surface area contributed by atoms with E-state index in [9.17, 15) is 19.7 Å². The van der Waals surface area contributed by atoms with Crippen LogP contribution in [-0.2, 0) is 4.79 Å². The molecule has 0 saturated carbocycles. The van der Waals surface area contributed by atoms with Crippen LogP contribution in [0.4, 0.5) is 5.69 Å². The zero-order valence-electron chi connectivity index (χ0n) is 9.95. The van der Waals surface area contributed by atoms with Gasteiger partial charge in [-0.2, -0.15) is 0 Å². The molecule has 9 nitrogen and oxygen atoms in total. The highest BCUT2D eigenvalue weighted by Gasteiger charge is 2.26. The number of nitrogens with one attached hydrogen (secondary N) is 1. The maximum absolute atomic E-state index is 11.9. The monoisotopic (exact) mass is 303 g/mol. The molecule has 1 amide bonds. The molecular formula is C10H10ClN3O6. The van der Waals surface area contributed by atoms with Gasteiger partial charge in [0.1, 0.15) is 23.0 Å². The summed E-state index contributed by atoms with van der Waals surface area (Å²) >= 11 is 5.56. The van der Waals surface area contributed by atoms with Gasteiger partial charge < -0.3 is 15.5 Å². The second-order valence-electron chi connectivity index (χ2n) is 3.66. The number of aliphatic hydroxyl groups is 1. The van der Waals surface area contributed by atoms with Crippen LogP contribution in [0, 0.1) is 10.1 Å². The van der Waals surface area contributed by atoms with Gasteiger partial charge in [0.05, 0.1) is 4.92 Å². The number of hydrogen-bond donors (Lipinski definition) is 3. The van der Waals surface area contributed by atoms with Gasteiger partial charge in [0.15, 0.2) is 0 Å². The average molecular weight is 304 g/mol. The molecule has 0 aliphatic carbocycles. The molecule has 1 aromatic heterocycles. The first-order chi connectivity index (χ1) is 9.36. The highest BCUT2D eigenvalue weighted by Crippen LogP contribution is 2.20. The van der Waals surface area contributed by atoms with E-state index in [4.69, 9.17) is 21.8 Å². The maximum atomic E-state index is 11.9. The number of carboxylic acid groups (broad SMARTS) is 1.